The number of methoxy groups -OCH3 is 1. The van der Waals surface area contributed by atoms with Gasteiger partial charge in [0.2, 0.25) is 0 Å². The third-order valence-corrected chi connectivity index (χ3v) is 2.68. The molecule has 6 nitrogen and oxygen atoms in total. The lowest BCUT2D eigenvalue weighted by molar-refractivity contribution is 0.0524. The molecule has 0 bridgehead atoms. The predicted octanol–water partition coefficient (Wildman–Crippen LogP) is 1.62. The molecule has 0 aliphatic heterocycles. The molecular formula is C14H14N2O4. The van der Waals surface area contributed by atoms with Crippen LogP contribution in [-0.4, -0.2) is 29.9 Å². The summed E-state index contributed by atoms with van der Waals surface area (Å²) >= 11 is 0. The van der Waals surface area contributed by atoms with E-state index in [0.29, 0.717) is 17.0 Å². The van der Waals surface area contributed by atoms with Crippen molar-refractivity contribution >= 4 is 5.97 Å². The molecule has 0 saturated carbocycles. The van der Waals surface area contributed by atoms with Gasteiger partial charge >= 0.3 is 5.97 Å². The zero-order valence-corrected chi connectivity index (χ0v) is 11.2. The lowest BCUT2D eigenvalue weighted by Crippen LogP contribution is -2.21. The van der Waals surface area contributed by atoms with Crippen molar-refractivity contribution in [3.05, 3.63) is 46.2 Å². The van der Waals surface area contributed by atoms with Gasteiger partial charge in [-0.15, -0.1) is 0 Å². The molecule has 2 aromatic rings. The topological polar surface area (TPSA) is 81.3 Å². The molecule has 0 atom stereocenters. The molecule has 1 heterocycles. The molecule has 104 valence electrons. The van der Waals surface area contributed by atoms with Gasteiger partial charge in [0.05, 0.1) is 19.4 Å². The number of aromatic amines is 1. The third-order valence-electron chi connectivity index (χ3n) is 2.68. The first-order chi connectivity index (χ1) is 9.67. The number of ether oxygens (including phenoxy) is 2. The van der Waals surface area contributed by atoms with E-state index < -0.39 is 11.5 Å². The summed E-state index contributed by atoms with van der Waals surface area (Å²) in [6.45, 7) is 1.87. The number of hydrogen-bond donors (Lipinski definition) is 1. The van der Waals surface area contributed by atoms with Gasteiger partial charge in [-0.05, 0) is 25.1 Å². The minimum absolute atomic E-state index is 0.0808. The number of aromatic nitrogens is 2. The highest BCUT2D eigenvalue weighted by molar-refractivity contribution is 5.90. The van der Waals surface area contributed by atoms with Crippen molar-refractivity contribution < 1.29 is 14.3 Å². The Hall–Kier alpha value is -2.63. The molecule has 1 aromatic carbocycles. The second kappa shape index (κ2) is 6.01. The Bertz CT molecular complexity index is 679. The fraction of sp³-hybridized carbons (Fsp3) is 0.214. The van der Waals surface area contributed by atoms with E-state index in [9.17, 15) is 9.59 Å². The van der Waals surface area contributed by atoms with Crippen LogP contribution < -0.4 is 10.3 Å². The summed E-state index contributed by atoms with van der Waals surface area (Å²) < 4.78 is 10.1. The molecule has 0 amide bonds. The minimum atomic E-state index is -0.674. The zero-order chi connectivity index (χ0) is 14.5. The normalized spacial score (nSPS) is 10.1. The summed E-state index contributed by atoms with van der Waals surface area (Å²) in [6, 6.07) is 8.59. The Labute approximate surface area is 115 Å². The average Bonchev–Trinajstić information content (AvgIpc) is 2.48. The molecular weight excluding hydrogens is 260 g/mol. The molecule has 1 aromatic heterocycles. The van der Waals surface area contributed by atoms with E-state index in [-0.39, 0.29) is 12.2 Å². The Morgan fingerprint density at radius 3 is 2.80 bits per heavy atom. The molecule has 0 aliphatic rings. The van der Waals surface area contributed by atoms with Crippen LogP contribution in [0.5, 0.6) is 5.75 Å². The highest BCUT2D eigenvalue weighted by atomic mass is 16.5. The van der Waals surface area contributed by atoms with Gasteiger partial charge in [-0.2, -0.15) is 5.10 Å². The van der Waals surface area contributed by atoms with Crippen molar-refractivity contribution in [2.75, 3.05) is 13.7 Å². The molecule has 1 N–H and O–H groups in total. The number of esters is 1. The maximum atomic E-state index is 11.7. The first-order valence-corrected chi connectivity index (χ1v) is 6.07. The van der Waals surface area contributed by atoms with Crippen LogP contribution in [0.1, 0.15) is 17.3 Å². The van der Waals surface area contributed by atoms with E-state index in [1.54, 1.807) is 19.1 Å². The van der Waals surface area contributed by atoms with Crippen LogP contribution >= 0.6 is 0 Å². The maximum Gasteiger partial charge on any atom is 0.343 e. The number of H-pyrrole nitrogens is 1. The van der Waals surface area contributed by atoms with Gasteiger partial charge in [-0.25, -0.2) is 9.89 Å². The van der Waals surface area contributed by atoms with Crippen molar-refractivity contribution in [3.8, 4) is 17.0 Å². The van der Waals surface area contributed by atoms with Gasteiger partial charge in [0.1, 0.15) is 11.3 Å². The van der Waals surface area contributed by atoms with Crippen molar-refractivity contribution in [3.63, 3.8) is 0 Å². The minimum Gasteiger partial charge on any atom is -0.496 e. The third kappa shape index (κ3) is 2.69. The van der Waals surface area contributed by atoms with Gasteiger partial charge in [0, 0.05) is 5.56 Å². The van der Waals surface area contributed by atoms with E-state index in [1.165, 1.54) is 13.2 Å². The Morgan fingerprint density at radius 1 is 1.35 bits per heavy atom. The summed E-state index contributed by atoms with van der Waals surface area (Å²) in [5.41, 5.74) is 0.451. The highest BCUT2D eigenvalue weighted by Gasteiger charge is 2.15. The maximum absolute atomic E-state index is 11.7. The SMILES string of the molecule is CCOC(=O)c1cc(-c2ccccc2OC)n[nH]c1=O. The summed E-state index contributed by atoms with van der Waals surface area (Å²) in [4.78, 5) is 23.3. The van der Waals surface area contributed by atoms with Crippen LogP contribution in [0.2, 0.25) is 0 Å². The van der Waals surface area contributed by atoms with Crippen molar-refractivity contribution in [2.45, 2.75) is 6.92 Å². The van der Waals surface area contributed by atoms with E-state index in [1.807, 2.05) is 12.1 Å². The number of carbonyl (C=O) groups is 1. The molecule has 0 unspecified atom stereocenters. The van der Waals surface area contributed by atoms with Crippen LogP contribution in [0.3, 0.4) is 0 Å². The zero-order valence-electron chi connectivity index (χ0n) is 11.2. The number of benzene rings is 1. The summed E-state index contributed by atoms with van der Waals surface area (Å²) in [5.74, 6) is -0.0749. The summed E-state index contributed by atoms with van der Waals surface area (Å²) in [5, 5.41) is 6.23. The molecule has 0 fully saturated rings. The van der Waals surface area contributed by atoms with Crippen molar-refractivity contribution in [2.24, 2.45) is 0 Å². The van der Waals surface area contributed by atoms with Gasteiger partial charge in [-0.3, -0.25) is 4.79 Å². The average molecular weight is 274 g/mol. The van der Waals surface area contributed by atoms with Crippen molar-refractivity contribution in [1.29, 1.82) is 0 Å². The van der Waals surface area contributed by atoms with Crippen LogP contribution in [-0.2, 0) is 4.74 Å². The number of hydrogen-bond acceptors (Lipinski definition) is 5. The lowest BCUT2D eigenvalue weighted by atomic mass is 10.1. The Morgan fingerprint density at radius 2 is 2.10 bits per heavy atom. The molecule has 0 radical (unpaired) electrons. The van der Waals surface area contributed by atoms with Crippen LogP contribution in [0.15, 0.2) is 35.1 Å². The monoisotopic (exact) mass is 274 g/mol. The molecule has 2 rings (SSSR count). The number of rotatable bonds is 4. The van der Waals surface area contributed by atoms with Gasteiger partial charge in [-0.1, -0.05) is 12.1 Å². The number of nitrogens with zero attached hydrogens (tertiary/aromatic N) is 1. The van der Waals surface area contributed by atoms with E-state index >= 15 is 0 Å². The second-order valence-corrected chi connectivity index (χ2v) is 3.92. The second-order valence-electron chi connectivity index (χ2n) is 3.92. The fourth-order valence-electron chi connectivity index (χ4n) is 1.76. The Balaban J connectivity index is 2.51. The van der Waals surface area contributed by atoms with Crippen molar-refractivity contribution in [1.82, 2.24) is 10.2 Å². The standard InChI is InChI=1S/C14H14N2O4/c1-3-20-14(18)10-8-11(15-16-13(10)17)9-6-4-5-7-12(9)19-2/h4-8H,3H2,1-2H3,(H,16,17). The van der Waals surface area contributed by atoms with Crippen LogP contribution in [0.4, 0.5) is 0 Å². The quantitative estimate of drug-likeness (QED) is 0.857. The van der Waals surface area contributed by atoms with Gasteiger partial charge < -0.3 is 9.47 Å². The number of para-hydroxylation sites is 1. The molecule has 0 spiro atoms. The van der Waals surface area contributed by atoms with Gasteiger partial charge in [0.25, 0.3) is 5.56 Å². The largest absolute Gasteiger partial charge is 0.496 e. The number of nitrogens with one attached hydrogen (secondary N) is 1. The number of carbonyl (C=O) groups excluding carboxylic acids is 1. The molecule has 20 heavy (non-hydrogen) atoms. The van der Waals surface area contributed by atoms with Gasteiger partial charge in [0.15, 0.2) is 0 Å². The first-order valence-electron chi connectivity index (χ1n) is 6.07. The fourth-order valence-corrected chi connectivity index (χ4v) is 1.76. The lowest BCUT2D eigenvalue weighted by Gasteiger charge is -2.08. The van der Waals surface area contributed by atoms with E-state index in [2.05, 4.69) is 10.2 Å². The highest BCUT2D eigenvalue weighted by Crippen LogP contribution is 2.27. The van der Waals surface area contributed by atoms with E-state index in [4.69, 9.17) is 9.47 Å². The summed E-state index contributed by atoms with van der Waals surface area (Å²) in [6.07, 6.45) is 0. The Kier molecular flexibility index (Phi) is 4.14. The molecule has 0 saturated heterocycles. The molecule has 6 heteroatoms. The smallest absolute Gasteiger partial charge is 0.343 e. The van der Waals surface area contributed by atoms with Crippen LogP contribution in [0.25, 0.3) is 11.3 Å². The van der Waals surface area contributed by atoms with E-state index in [0.717, 1.165) is 0 Å². The first kappa shape index (κ1) is 13.8. The molecule has 0 aliphatic carbocycles. The van der Waals surface area contributed by atoms with Crippen LogP contribution in [0, 0.1) is 0 Å². The predicted molar refractivity (Wildman–Crippen MR) is 72.8 cm³/mol. The summed E-state index contributed by atoms with van der Waals surface area (Å²) in [7, 11) is 1.54.